The lowest BCUT2D eigenvalue weighted by molar-refractivity contribution is -0.115. The van der Waals surface area contributed by atoms with Crippen molar-refractivity contribution in [2.45, 2.75) is 19.9 Å². The molecule has 0 heterocycles. The smallest absolute Gasteiger partial charge is 0.238 e. The fourth-order valence-corrected chi connectivity index (χ4v) is 2.18. The van der Waals surface area contributed by atoms with Crippen molar-refractivity contribution in [3.63, 3.8) is 0 Å². The first-order chi connectivity index (χ1) is 10.0. The molecular formula is C17H19ClN2O. The highest BCUT2D eigenvalue weighted by molar-refractivity contribution is 6.30. The van der Waals surface area contributed by atoms with Crippen molar-refractivity contribution in [1.82, 2.24) is 5.32 Å². The summed E-state index contributed by atoms with van der Waals surface area (Å²) in [7, 11) is 0. The summed E-state index contributed by atoms with van der Waals surface area (Å²) in [5.41, 5.74) is 3.10. The monoisotopic (exact) mass is 302 g/mol. The first-order valence-electron chi connectivity index (χ1n) is 6.90. The van der Waals surface area contributed by atoms with Gasteiger partial charge in [-0.15, -0.1) is 0 Å². The van der Waals surface area contributed by atoms with E-state index in [1.54, 1.807) is 18.2 Å². The first-order valence-corrected chi connectivity index (χ1v) is 7.28. The Bertz CT molecular complexity index is 610. The molecule has 0 saturated heterocycles. The SMILES string of the molecule is Cc1ccc(C(C)NCC(=O)Nc2cccc(Cl)c2)cc1. The highest BCUT2D eigenvalue weighted by atomic mass is 35.5. The highest BCUT2D eigenvalue weighted by Crippen LogP contribution is 2.15. The Labute approximate surface area is 130 Å². The fourth-order valence-electron chi connectivity index (χ4n) is 1.99. The Hall–Kier alpha value is -1.84. The van der Waals surface area contributed by atoms with Crippen LogP contribution in [0.25, 0.3) is 0 Å². The Kier molecular flexibility index (Phi) is 5.37. The predicted octanol–water partition coefficient (Wildman–Crippen LogP) is 3.94. The summed E-state index contributed by atoms with van der Waals surface area (Å²) in [6.07, 6.45) is 0. The van der Waals surface area contributed by atoms with E-state index in [0.29, 0.717) is 10.7 Å². The molecule has 4 heteroatoms. The summed E-state index contributed by atoms with van der Waals surface area (Å²) in [6.45, 7) is 4.35. The van der Waals surface area contributed by atoms with Crippen LogP contribution in [0.2, 0.25) is 5.02 Å². The van der Waals surface area contributed by atoms with Crippen LogP contribution in [0.5, 0.6) is 0 Å². The first kappa shape index (κ1) is 15.5. The summed E-state index contributed by atoms with van der Waals surface area (Å²) in [4.78, 5) is 11.9. The quantitative estimate of drug-likeness (QED) is 0.878. The number of amides is 1. The van der Waals surface area contributed by atoms with E-state index in [0.717, 1.165) is 5.56 Å². The van der Waals surface area contributed by atoms with Crippen molar-refractivity contribution in [1.29, 1.82) is 0 Å². The van der Waals surface area contributed by atoms with E-state index in [2.05, 4.69) is 41.8 Å². The van der Waals surface area contributed by atoms with Gasteiger partial charge in [-0.25, -0.2) is 0 Å². The molecule has 2 aromatic carbocycles. The van der Waals surface area contributed by atoms with Gasteiger partial charge in [0.1, 0.15) is 0 Å². The third-order valence-electron chi connectivity index (χ3n) is 3.25. The van der Waals surface area contributed by atoms with Crippen molar-refractivity contribution in [2.24, 2.45) is 0 Å². The summed E-state index contributed by atoms with van der Waals surface area (Å²) in [5.74, 6) is -0.0868. The van der Waals surface area contributed by atoms with E-state index < -0.39 is 0 Å². The molecule has 2 aromatic rings. The van der Waals surface area contributed by atoms with Gasteiger partial charge in [-0.2, -0.15) is 0 Å². The zero-order chi connectivity index (χ0) is 15.2. The van der Waals surface area contributed by atoms with E-state index in [9.17, 15) is 4.79 Å². The van der Waals surface area contributed by atoms with Crippen molar-refractivity contribution in [3.8, 4) is 0 Å². The van der Waals surface area contributed by atoms with Crippen LogP contribution in [-0.4, -0.2) is 12.5 Å². The van der Waals surface area contributed by atoms with Crippen LogP contribution in [0, 0.1) is 6.92 Å². The summed E-state index contributed by atoms with van der Waals surface area (Å²) < 4.78 is 0. The minimum Gasteiger partial charge on any atom is -0.325 e. The number of rotatable bonds is 5. The molecule has 0 aliphatic heterocycles. The maximum atomic E-state index is 11.9. The number of anilines is 1. The maximum Gasteiger partial charge on any atom is 0.238 e. The van der Waals surface area contributed by atoms with Gasteiger partial charge in [-0.1, -0.05) is 47.5 Å². The molecule has 0 aromatic heterocycles. The van der Waals surface area contributed by atoms with Crippen LogP contribution in [0.15, 0.2) is 48.5 Å². The van der Waals surface area contributed by atoms with Crippen molar-refractivity contribution < 1.29 is 4.79 Å². The van der Waals surface area contributed by atoms with Gasteiger partial charge in [0.05, 0.1) is 6.54 Å². The Morgan fingerprint density at radius 2 is 1.90 bits per heavy atom. The number of aryl methyl sites for hydroxylation is 1. The highest BCUT2D eigenvalue weighted by Gasteiger charge is 2.08. The molecule has 2 N–H and O–H groups in total. The van der Waals surface area contributed by atoms with Gasteiger partial charge < -0.3 is 10.6 Å². The van der Waals surface area contributed by atoms with Gasteiger partial charge in [0.15, 0.2) is 0 Å². The molecule has 1 atom stereocenters. The van der Waals surface area contributed by atoms with Gasteiger partial charge in [0, 0.05) is 16.8 Å². The zero-order valence-corrected chi connectivity index (χ0v) is 12.9. The van der Waals surface area contributed by atoms with Crippen LogP contribution in [0.3, 0.4) is 0 Å². The second kappa shape index (κ2) is 7.25. The molecule has 110 valence electrons. The number of hydrogen-bond acceptors (Lipinski definition) is 2. The summed E-state index contributed by atoms with van der Waals surface area (Å²) in [5, 5.41) is 6.63. The molecule has 0 aliphatic carbocycles. The number of carbonyl (C=O) groups excluding carboxylic acids is 1. The molecule has 0 spiro atoms. The number of halogens is 1. The normalized spacial score (nSPS) is 12.0. The minimum absolute atomic E-state index is 0.0868. The molecule has 1 unspecified atom stereocenters. The van der Waals surface area contributed by atoms with Gasteiger partial charge >= 0.3 is 0 Å². The molecule has 2 rings (SSSR count). The largest absolute Gasteiger partial charge is 0.325 e. The van der Waals surface area contributed by atoms with Gasteiger partial charge in [0.2, 0.25) is 5.91 Å². The number of benzene rings is 2. The van der Waals surface area contributed by atoms with E-state index >= 15 is 0 Å². The van der Waals surface area contributed by atoms with Crippen LogP contribution < -0.4 is 10.6 Å². The second-order valence-corrected chi connectivity index (χ2v) is 5.51. The number of nitrogens with one attached hydrogen (secondary N) is 2. The van der Waals surface area contributed by atoms with E-state index in [4.69, 9.17) is 11.6 Å². The van der Waals surface area contributed by atoms with Crippen molar-refractivity contribution >= 4 is 23.2 Å². The average molecular weight is 303 g/mol. The lowest BCUT2D eigenvalue weighted by Crippen LogP contribution is -2.30. The zero-order valence-electron chi connectivity index (χ0n) is 12.2. The van der Waals surface area contributed by atoms with Crippen LogP contribution in [0.1, 0.15) is 24.1 Å². The van der Waals surface area contributed by atoms with Crippen LogP contribution >= 0.6 is 11.6 Å². The minimum atomic E-state index is -0.0868. The van der Waals surface area contributed by atoms with Crippen LogP contribution in [-0.2, 0) is 4.79 Å². The van der Waals surface area contributed by atoms with E-state index in [-0.39, 0.29) is 18.5 Å². The van der Waals surface area contributed by atoms with Crippen LogP contribution in [0.4, 0.5) is 5.69 Å². The summed E-state index contributed by atoms with van der Waals surface area (Å²) >= 11 is 5.88. The summed E-state index contributed by atoms with van der Waals surface area (Å²) in [6, 6.07) is 15.5. The molecule has 0 saturated carbocycles. The molecule has 0 bridgehead atoms. The molecule has 21 heavy (non-hydrogen) atoms. The van der Waals surface area contributed by atoms with Gasteiger partial charge in [-0.05, 0) is 37.6 Å². The maximum absolute atomic E-state index is 11.9. The number of hydrogen-bond donors (Lipinski definition) is 2. The van der Waals surface area contributed by atoms with Crippen molar-refractivity contribution in [2.75, 3.05) is 11.9 Å². The Morgan fingerprint density at radius 1 is 1.19 bits per heavy atom. The molecular weight excluding hydrogens is 284 g/mol. The average Bonchev–Trinajstić information content (AvgIpc) is 2.45. The fraction of sp³-hybridized carbons (Fsp3) is 0.235. The van der Waals surface area contributed by atoms with Gasteiger partial charge in [0.25, 0.3) is 0 Å². The second-order valence-electron chi connectivity index (χ2n) is 5.07. The Morgan fingerprint density at radius 3 is 2.57 bits per heavy atom. The topological polar surface area (TPSA) is 41.1 Å². The Balaban J connectivity index is 1.84. The molecule has 1 amide bonds. The number of carbonyl (C=O) groups is 1. The standard InChI is InChI=1S/C17H19ClN2O/c1-12-6-8-14(9-7-12)13(2)19-11-17(21)20-16-5-3-4-15(18)10-16/h3-10,13,19H,11H2,1-2H3,(H,20,21). The van der Waals surface area contributed by atoms with E-state index in [1.807, 2.05) is 13.0 Å². The third-order valence-corrected chi connectivity index (χ3v) is 3.49. The third kappa shape index (κ3) is 4.88. The molecule has 3 nitrogen and oxygen atoms in total. The predicted molar refractivity (Wildman–Crippen MR) is 87.7 cm³/mol. The molecule has 0 radical (unpaired) electrons. The van der Waals surface area contributed by atoms with Gasteiger partial charge in [-0.3, -0.25) is 4.79 Å². The van der Waals surface area contributed by atoms with E-state index in [1.165, 1.54) is 5.56 Å². The molecule has 0 aliphatic rings. The lowest BCUT2D eigenvalue weighted by atomic mass is 10.1. The van der Waals surface area contributed by atoms with Crippen molar-refractivity contribution in [3.05, 3.63) is 64.7 Å². The molecule has 0 fully saturated rings. The lowest BCUT2D eigenvalue weighted by Gasteiger charge is -2.14.